The molecule has 8 heteroatoms. The maximum Gasteiger partial charge on any atom is 0.141 e. The molecule has 0 radical (unpaired) electrons. The second-order valence-electron chi connectivity index (χ2n) is 7.80. The Labute approximate surface area is 190 Å². The Kier molecular flexibility index (Phi) is 5.60. The zero-order chi connectivity index (χ0) is 21.4. The highest BCUT2D eigenvalue weighted by Gasteiger charge is 2.22. The van der Waals surface area contributed by atoms with Gasteiger partial charge in [-0.25, -0.2) is 15.0 Å². The molecule has 6 nitrogen and oxygen atoms in total. The Hall–Kier alpha value is -2.55. The van der Waals surface area contributed by atoms with Crippen molar-refractivity contribution in [1.29, 1.82) is 0 Å². The molecule has 1 aromatic carbocycles. The van der Waals surface area contributed by atoms with Crippen LogP contribution >= 0.6 is 22.7 Å². The molecule has 4 heterocycles. The van der Waals surface area contributed by atoms with Gasteiger partial charge in [-0.3, -0.25) is 4.90 Å². The van der Waals surface area contributed by atoms with Crippen LogP contribution in [0.5, 0.6) is 5.75 Å². The van der Waals surface area contributed by atoms with Crippen LogP contribution in [0.15, 0.2) is 36.0 Å². The third kappa shape index (κ3) is 4.03. The van der Waals surface area contributed by atoms with E-state index in [0.717, 1.165) is 65.4 Å². The molecule has 1 fully saturated rings. The molecule has 0 N–H and O–H groups in total. The van der Waals surface area contributed by atoms with Crippen molar-refractivity contribution in [3.63, 3.8) is 0 Å². The minimum absolute atomic E-state index is 0.868. The van der Waals surface area contributed by atoms with E-state index in [0.29, 0.717) is 0 Å². The van der Waals surface area contributed by atoms with Crippen LogP contribution in [0.3, 0.4) is 0 Å². The van der Waals surface area contributed by atoms with Crippen molar-refractivity contribution in [3.8, 4) is 16.3 Å². The molecule has 1 saturated heterocycles. The predicted octanol–water partition coefficient (Wildman–Crippen LogP) is 4.76. The van der Waals surface area contributed by atoms with Crippen molar-refractivity contribution in [1.82, 2.24) is 19.9 Å². The fourth-order valence-electron chi connectivity index (χ4n) is 4.00. The predicted molar refractivity (Wildman–Crippen MR) is 128 cm³/mol. The second kappa shape index (κ2) is 8.53. The van der Waals surface area contributed by atoms with Gasteiger partial charge in [-0.05, 0) is 43.7 Å². The number of ether oxygens (including phenoxy) is 1. The smallest absolute Gasteiger partial charge is 0.141 e. The van der Waals surface area contributed by atoms with Crippen LogP contribution in [0.1, 0.15) is 16.1 Å². The lowest BCUT2D eigenvalue weighted by atomic mass is 10.2. The Morgan fingerprint density at radius 1 is 1.03 bits per heavy atom. The summed E-state index contributed by atoms with van der Waals surface area (Å²) >= 11 is 3.46. The van der Waals surface area contributed by atoms with Gasteiger partial charge in [0.05, 0.1) is 18.2 Å². The highest BCUT2D eigenvalue weighted by atomic mass is 32.1. The number of thiophene rings is 1. The van der Waals surface area contributed by atoms with E-state index in [1.807, 2.05) is 12.1 Å². The number of hydrogen-bond acceptors (Lipinski definition) is 8. The van der Waals surface area contributed by atoms with Crippen molar-refractivity contribution in [2.45, 2.75) is 20.4 Å². The van der Waals surface area contributed by atoms with Gasteiger partial charge in [0.2, 0.25) is 0 Å². The molecular weight excluding hydrogens is 426 g/mol. The maximum atomic E-state index is 5.25. The maximum absolute atomic E-state index is 5.25. The van der Waals surface area contributed by atoms with Gasteiger partial charge >= 0.3 is 0 Å². The second-order valence-corrected chi connectivity index (χ2v) is 9.86. The van der Waals surface area contributed by atoms with E-state index in [1.165, 1.54) is 15.8 Å². The summed E-state index contributed by atoms with van der Waals surface area (Å²) in [6.45, 7) is 9.17. The quantitative estimate of drug-likeness (QED) is 0.436. The fourth-order valence-corrected chi connectivity index (χ4v) is 5.80. The van der Waals surface area contributed by atoms with Crippen LogP contribution in [-0.4, -0.2) is 53.1 Å². The molecule has 31 heavy (non-hydrogen) atoms. The molecule has 0 unspecified atom stereocenters. The minimum Gasteiger partial charge on any atom is -0.497 e. The molecule has 0 aliphatic carbocycles. The number of methoxy groups -OCH3 is 1. The largest absolute Gasteiger partial charge is 0.497 e. The van der Waals surface area contributed by atoms with Crippen molar-refractivity contribution in [2.75, 3.05) is 38.2 Å². The summed E-state index contributed by atoms with van der Waals surface area (Å²) in [5.74, 6) is 1.95. The lowest BCUT2D eigenvalue weighted by molar-refractivity contribution is 0.247. The van der Waals surface area contributed by atoms with Gasteiger partial charge in [0.1, 0.15) is 27.7 Å². The first-order chi connectivity index (χ1) is 15.1. The van der Waals surface area contributed by atoms with Crippen LogP contribution in [0.25, 0.3) is 20.8 Å². The van der Waals surface area contributed by atoms with Crippen molar-refractivity contribution in [3.05, 3.63) is 52.1 Å². The highest BCUT2D eigenvalue weighted by Crippen LogP contribution is 2.34. The number of hydrogen-bond donors (Lipinski definition) is 0. The van der Waals surface area contributed by atoms with Crippen molar-refractivity contribution < 1.29 is 4.74 Å². The summed E-state index contributed by atoms with van der Waals surface area (Å²) < 4.78 is 5.25. The van der Waals surface area contributed by atoms with Gasteiger partial charge in [-0.2, -0.15) is 0 Å². The van der Waals surface area contributed by atoms with E-state index in [1.54, 1.807) is 36.1 Å². The summed E-state index contributed by atoms with van der Waals surface area (Å²) in [7, 11) is 1.69. The molecular formula is C23H25N5OS2. The number of nitrogens with zero attached hydrogens (tertiary/aromatic N) is 5. The minimum atomic E-state index is 0.868. The number of aromatic nitrogens is 3. The van der Waals surface area contributed by atoms with Crippen LogP contribution in [0.2, 0.25) is 0 Å². The fraction of sp³-hybridized carbons (Fsp3) is 0.348. The van der Waals surface area contributed by atoms with Gasteiger partial charge < -0.3 is 9.64 Å². The molecule has 0 saturated carbocycles. The van der Waals surface area contributed by atoms with Crippen LogP contribution < -0.4 is 9.64 Å². The normalized spacial score (nSPS) is 15.0. The van der Waals surface area contributed by atoms with Gasteiger partial charge in [0, 0.05) is 48.5 Å². The van der Waals surface area contributed by atoms with E-state index in [-0.39, 0.29) is 0 Å². The number of fused-ring (bicyclic) bond motifs is 1. The van der Waals surface area contributed by atoms with Gasteiger partial charge in [0.15, 0.2) is 0 Å². The molecule has 160 valence electrons. The number of aryl methyl sites for hydroxylation is 2. The van der Waals surface area contributed by atoms with Crippen molar-refractivity contribution >= 4 is 38.7 Å². The van der Waals surface area contributed by atoms with E-state index < -0.39 is 0 Å². The van der Waals surface area contributed by atoms with Crippen LogP contribution in [0.4, 0.5) is 5.82 Å². The molecule has 0 bridgehead atoms. The Morgan fingerprint density at radius 2 is 1.81 bits per heavy atom. The first-order valence-electron chi connectivity index (χ1n) is 10.4. The highest BCUT2D eigenvalue weighted by molar-refractivity contribution is 7.18. The third-order valence-electron chi connectivity index (χ3n) is 5.89. The van der Waals surface area contributed by atoms with Gasteiger partial charge in [-0.15, -0.1) is 22.7 Å². The van der Waals surface area contributed by atoms with Gasteiger partial charge in [0.25, 0.3) is 0 Å². The monoisotopic (exact) mass is 451 g/mol. The first-order valence-corrected chi connectivity index (χ1v) is 12.1. The zero-order valence-electron chi connectivity index (χ0n) is 18.0. The van der Waals surface area contributed by atoms with E-state index in [9.17, 15) is 0 Å². The molecule has 0 atom stereocenters. The van der Waals surface area contributed by atoms with E-state index >= 15 is 0 Å². The Bertz CT molecular complexity index is 1190. The average molecular weight is 452 g/mol. The molecule has 0 amide bonds. The number of anilines is 1. The zero-order valence-corrected chi connectivity index (χ0v) is 19.6. The molecule has 5 rings (SSSR count). The molecule has 0 spiro atoms. The Morgan fingerprint density at radius 3 is 2.55 bits per heavy atom. The molecule has 3 aromatic heterocycles. The van der Waals surface area contributed by atoms with E-state index in [4.69, 9.17) is 9.72 Å². The number of benzene rings is 1. The van der Waals surface area contributed by atoms with Crippen molar-refractivity contribution in [2.24, 2.45) is 0 Å². The standard InChI is InChI=1S/C23H25N5OS2/c1-15-16(2)31-23-20(15)21(24-14-25-23)28-10-8-27(9-11-28)12-18-13-30-22(26-18)17-4-6-19(29-3)7-5-17/h4-7,13-14H,8-12H2,1-3H3. The lowest BCUT2D eigenvalue weighted by Gasteiger charge is -2.35. The van der Waals surface area contributed by atoms with Crippen LogP contribution in [-0.2, 0) is 6.54 Å². The number of rotatable bonds is 5. The third-order valence-corrected chi connectivity index (χ3v) is 7.95. The topological polar surface area (TPSA) is 54.4 Å². The van der Waals surface area contributed by atoms with Gasteiger partial charge in [-0.1, -0.05) is 0 Å². The number of thiazole rings is 1. The number of piperazine rings is 1. The van der Waals surface area contributed by atoms with Crippen LogP contribution in [0, 0.1) is 13.8 Å². The summed E-state index contributed by atoms with van der Waals surface area (Å²) in [6, 6.07) is 8.10. The Balaban J connectivity index is 1.24. The molecule has 1 aliphatic rings. The summed E-state index contributed by atoms with van der Waals surface area (Å²) in [4.78, 5) is 21.3. The summed E-state index contributed by atoms with van der Waals surface area (Å²) in [5.41, 5.74) is 3.58. The summed E-state index contributed by atoms with van der Waals surface area (Å²) in [6.07, 6.45) is 1.70. The lowest BCUT2D eigenvalue weighted by Crippen LogP contribution is -2.46. The first kappa shape index (κ1) is 20.4. The SMILES string of the molecule is COc1ccc(-c2nc(CN3CCN(c4ncnc5sc(C)c(C)c45)CC3)cs2)cc1. The molecule has 1 aliphatic heterocycles. The molecule has 4 aromatic rings. The van der Waals surface area contributed by atoms with E-state index in [2.05, 4.69) is 51.1 Å². The summed E-state index contributed by atoms with van der Waals surface area (Å²) in [5, 5.41) is 4.46. The average Bonchev–Trinajstić information content (AvgIpc) is 3.38.